The van der Waals surface area contributed by atoms with Crippen LogP contribution in [-0.2, 0) is 14.6 Å². The smallest absolute Gasteiger partial charge is 0.178 e. The van der Waals surface area contributed by atoms with Gasteiger partial charge in [0.1, 0.15) is 0 Å². The van der Waals surface area contributed by atoms with E-state index in [9.17, 15) is 8.42 Å². The van der Waals surface area contributed by atoms with E-state index in [1.807, 2.05) is 24.1 Å². The van der Waals surface area contributed by atoms with Crippen molar-refractivity contribution < 1.29 is 13.2 Å². The number of alkyl halides is 1. The number of hydrogen-bond donors (Lipinski definition) is 0. The minimum Gasteiger partial charge on any atom is -0.379 e. The van der Waals surface area contributed by atoms with Crippen LogP contribution in [0.15, 0.2) is 29.2 Å². The van der Waals surface area contributed by atoms with Gasteiger partial charge in [0.05, 0.1) is 23.9 Å². The summed E-state index contributed by atoms with van der Waals surface area (Å²) < 4.78 is 28.8. The molecule has 0 aliphatic heterocycles. The van der Waals surface area contributed by atoms with E-state index in [-0.39, 0.29) is 5.75 Å². The van der Waals surface area contributed by atoms with Gasteiger partial charge in [0.2, 0.25) is 0 Å². The van der Waals surface area contributed by atoms with Gasteiger partial charge in [-0.1, -0.05) is 22.9 Å². The molecule has 19 heavy (non-hydrogen) atoms. The van der Waals surface area contributed by atoms with Gasteiger partial charge in [-0.3, -0.25) is 0 Å². The second-order valence-electron chi connectivity index (χ2n) is 4.12. The van der Waals surface area contributed by atoms with Crippen LogP contribution in [0.2, 0.25) is 0 Å². The van der Waals surface area contributed by atoms with Gasteiger partial charge in [0, 0.05) is 24.6 Å². The Hall–Kier alpha value is -0.590. The zero-order valence-electron chi connectivity index (χ0n) is 11.3. The van der Waals surface area contributed by atoms with Crippen LogP contribution in [0.1, 0.15) is 6.92 Å². The molecule has 6 heteroatoms. The fraction of sp³-hybridized carbons (Fsp3) is 0.538. The maximum Gasteiger partial charge on any atom is 0.178 e. The van der Waals surface area contributed by atoms with Crippen LogP contribution in [-0.4, -0.2) is 46.3 Å². The fourth-order valence-corrected chi connectivity index (χ4v) is 2.67. The first-order valence-electron chi connectivity index (χ1n) is 6.19. The molecule has 0 aromatic heterocycles. The van der Waals surface area contributed by atoms with E-state index in [2.05, 4.69) is 15.9 Å². The molecule has 0 amide bonds. The largest absolute Gasteiger partial charge is 0.379 e. The minimum atomic E-state index is -3.11. The topological polar surface area (TPSA) is 46.6 Å². The molecule has 108 valence electrons. The lowest BCUT2D eigenvalue weighted by Gasteiger charge is -2.19. The summed E-state index contributed by atoms with van der Waals surface area (Å²) in [4.78, 5) is 2.42. The molecule has 0 fully saturated rings. The molecular formula is C13H20BrNO3S. The van der Waals surface area contributed by atoms with Crippen LogP contribution >= 0.6 is 15.9 Å². The predicted molar refractivity (Wildman–Crippen MR) is 82.1 cm³/mol. The molecule has 0 bridgehead atoms. The van der Waals surface area contributed by atoms with E-state index in [1.54, 1.807) is 19.1 Å². The zero-order chi connectivity index (χ0) is 14.3. The van der Waals surface area contributed by atoms with Crippen molar-refractivity contribution in [2.24, 2.45) is 0 Å². The first kappa shape index (κ1) is 16.5. The molecule has 0 spiro atoms. The van der Waals surface area contributed by atoms with Crippen LogP contribution in [0.3, 0.4) is 0 Å². The van der Waals surface area contributed by atoms with E-state index in [1.165, 1.54) is 0 Å². The van der Waals surface area contributed by atoms with E-state index in [0.29, 0.717) is 18.1 Å². The zero-order valence-corrected chi connectivity index (χ0v) is 13.7. The average molecular weight is 350 g/mol. The molecule has 1 rings (SSSR count). The normalized spacial score (nSPS) is 11.5. The number of benzene rings is 1. The number of rotatable bonds is 8. The Balaban J connectivity index is 2.61. The summed E-state index contributed by atoms with van der Waals surface area (Å²) in [6, 6.07) is 6.97. The summed E-state index contributed by atoms with van der Waals surface area (Å²) >= 11 is 3.30. The summed E-state index contributed by atoms with van der Waals surface area (Å²) in [5, 5.41) is 0.834. The van der Waals surface area contributed by atoms with Gasteiger partial charge >= 0.3 is 0 Å². The Bertz CT molecular complexity index is 473. The fourth-order valence-electron chi connectivity index (χ4n) is 1.56. The number of anilines is 1. The SMILES string of the molecule is CCS(=O)(=O)c1ccc(N(C)CCOCCBr)cc1. The summed E-state index contributed by atoms with van der Waals surface area (Å²) in [5.41, 5.74) is 0.984. The van der Waals surface area contributed by atoms with Crippen molar-refractivity contribution in [3.63, 3.8) is 0 Å². The Morgan fingerprint density at radius 3 is 2.37 bits per heavy atom. The molecule has 4 nitrogen and oxygen atoms in total. The maximum absolute atomic E-state index is 11.7. The molecule has 0 atom stereocenters. The molecule has 1 aromatic carbocycles. The van der Waals surface area contributed by atoms with E-state index in [4.69, 9.17) is 4.74 Å². The second kappa shape index (κ2) is 7.87. The van der Waals surface area contributed by atoms with E-state index >= 15 is 0 Å². The van der Waals surface area contributed by atoms with Gasteiger partial charge in [0.15, 0.2) is 9.84 Å². The highest BCUT2D eigenvalue weighted by atomic mass is 79.9. The third kappa shape index (κ3) is 5.12. The molecule has 0 unspecified atom stereocenters. The van der Waals surface area contributed by atoms with Gasteiger partial charge in [-0.15, -0.1) is 0 Å². The number of sulfone groups is 1. The first-order valence-corrected chi connectivity index (χ1v) is 8.96. The van der Waals surface area contributed by atoms with Crippen LogP contribution in [0.5, 0.6) is 0 Å². The highest BCUT2D eigenvalue weighted by molar-refractivity contribution is 9.09. The third-order valence-corrected chi connectivity index (χ3v) is 4.88. The number of hydrogen-bond acceptors (Lipinski definition) is 4. The highest BCUT2D eigenvalue weighted by Gasteiger charge is 2.11. The Morgan fingerprint density at radius 1 is 1.21 bits per heavy atom. The Morgan fingerprint density at radius 2 is 1.84 bits per heavy atom. The lowest BCUT2D eigenvalue weighted by atomic mass is 10.3. The maximum atomic E-state index is 11.7. The number of likely N-dealkylation sites (N-methyl/N-ethyl adjacent to an activating group) is 1. The van der Waals surface area contributed by atoms with Gasteiger partial charge in [-0.25, -0.2) is 8.42 Å². The summed E-state index contributed by atoms with van der Waals surface area (Å²) in [6.45, 7) is 3.77. The molecule has 0 saturated carbocycles. The van der Waals surface area contributed by atoms with Crippen LogP contribution < -0.4 is 4.90 Å². The monoisotopic (exact) mass is 349 g/mol. The molecule has 1 aromatic rings. The minimum absolute atomic E-state index is 0.128. The van der Waals surface area contributed by atoms with Crippen molar-refractivity contribution in [1.29, 1.82) is 0 Å². The van der Waals surface area contributed by atoms with Crippen molar-refractivity contribution in [2.75, 3.05) is 42.8 Å². The third-order valence-electron chi connectivity index (χ3n) is 2.81. The van der Waals surface area contributed by atoms with Crippen LogP contribution in [0, 0.1) is 0 Å². The Kier molecular flexibility index (Phi) is 6.82. The Labute approximate surface area is 123 Å². The first-order chi connectivity index (χ1) is 9.01. The number of nitrogens with zero attached hydrogens (tertiary/aromatic N) is 1. The van der Waals surface area contributed by atoms with Crippen molar-refractivity contribution in [3.8, 4) is 0 Å². The molecule has 0 N–H and O–H groups in total. The second-order valence-corrected chi connectivity index (χ2v) is 7.19. The summed E-state index contributed by atoms with van der Waals surface area (Å²) in [7, 11) is -1.15. The predicted octanol–water partition coefficient (Wildman–Crippen LogP) is 2.33. The van der Waals surface area contributed by atoms with Crippen molar-refractivity contribution in [1.82, 2.24) is 0 Å². The number of halogens is 1. The van der Waals surface area contributed by atoms with Crippen molar-refractivity contribution >= 4 is 31.5 Å². The average Bonchev–Trinajstić information content (AvgIpc) is 2.43. The van der Waals surface area contributed by atoms with E-state index in [0.717, 1.165) is 17.6 Å². The van der Waals surface area contributed by atoms with Gasteiger partial charge in [-0.05, 0) is 24.3 Å². The van der Waals surface area contributed by atoms with Crippen molar-refractivity contribution in [2.45, 2.75) is 11.8 Å². The molecule has 0 heterocycles. The lowest BCUT2D eigenvalue weighted by Crippen LogP contribution is -2.22. The molecule has 0 aliphatic rings. The molecule has 0 radical (unpaired) electrons. The van der Waals surface area contributed by atoms with Gasteiger partial charge in [0.25, 0.3) is 0 Å². The lowest BCUT2D eigenvalue weighted by molar-refractivity contribution is 0.158. The van der Waals surface area contributed by atoms with Crippen LogP contribution in [0.25, 0.3) is 0 Å². The van der Waals surface area contributed by atoms with Crippen LogP contribution in [0.4, 0.5) is 5.69 Å². The molecular weight excluding hydrogens is 330 g/mol. The van der Waals surface area contributed by atoms with Gasteiger partial charge in [-0.2, -0.15) is 0 Å². The molecule has 0 saturated heterocycles. The van der Waals surface area contributed by atoms with Crippen molar-refractivity contribution in [3.05, 3.63) is 24.3 Å². The summed E-state index contributed by atoms with van der Waals surface area (Å²) in [5.74, 6) is 0.128. The molecule has 0 aliphatic carbocycles. The quantitative estimate of drug-likeness (QED) is 0.533. The van der Waals surface area contributed by atoms with E-state index < -0.39 is 9.84 Å². The summed E-state index contributed by atoms with van der Waals surface area (Å²) in [6.07, 6.45) is 0. The highest BCUT2D eigenvalue weighted by Crippen LogP contribution is 2.17. The standard InChI is InChI=1S/C13H20BrNO3S/c1-3-19(16,17)13-6-4-12(5-7-13)15(2)9-11-18-10-8-14/h4-7H,3,8-11H2,1-2H3. The number of ether oxygens (including phenoxy) is 1. The van der Waals surface area contributed by atoms with Gasteiger partial charge < -0.3 is 9.64 Å².